The van der Waals surface area contributed by atoms with Crippen LogP contribution in [0.4, 0.5) is 0 Å². The van der Waals surface area contributed by atoms with Crippen molar-refractivity contribution in [2.75, 3.05) is 26.3 Å². The predicted molar refractivity (Wildman–Crippen MR) is 85.0 cm³/mol. The van der Waals surface area contributed by atoms with E-state index in [-0.39, 0.29) is 18.1 Å². The Morgan fingerprint density at radius 3 is 2.18 bits per heavy atom. The van der Waals surface area contributed by atoms with Gasteiger partial charge in [-0.15, -0.1) is 0 Å². The minimum absolute atomic E-state index is 0.101. The lowest BCUT2D eigenvalue weighted by Crippen LogP contribution is -2.42. The molecule has 4 nitrogen and oxygen atoms in total. The summed E-state index contributed by atoms with van der Waals surface area (Å²) in [5.41, 5.74) is 1.82. The number of aryl methyl sites for hydroxylation is 1. The first-order chi connectivity index (χ1) is 10.7. The Morgan fingerprint density at radius 1 is 1.09 bits per heavy atom. The topological polar surface area (TPSA) is 38.8 Å². The van der Waals surface area contributed by atoms with Gasteiger partial charge < -0.3 is 14.4 Å². The number of carbonyl (C=O) groups is 1. The van der Waals surface area contributed by atoms with Crippen molar-refractivity contribution in [3.63, 3.8) is 0 Å². The van der Waals surface area contributed by atoms with E-state index in [1.807, 2.05) is 36.1 Å². The SMILES string of the molecule is Cc1ccccc1C(=O)N(C[C@@H]1CCCO1)C[C@@H]1CCCO1. The maximum atomic E-state index is 13.0. The first-order valence-corrected chi connectivity index (χ1v) is 8.32. The van der Waals surface area contributed by atoms with Gasteiger partial charge >= 0.3 is 0 Å². The maximum Gasteiger partial charge on any atom is 0.254 e. The number of nitrogens with zero attached hydrogens (tertiary/aromatic N) is 1. The number of hydrogen-bond donors (Lipinski definition) is 0. The van der Waals surface area contributed by atoms with Gasteiger partial charge in [-0.25, -0.2) is 0 Å². The molecule has 0 unspecified atom stereocenters. The van der Waals surface area contributed by atoms with E-state index in [2.05, 4.69) is 0 Å². The van der Waals surface area contributed by atoms with Crippen molar-refractivity contribution in [1.82, 2.24) is 4.90 Å². The maximum absolute atomic E-state index is 13.0. The highest BCUT2D eigenvalue weighted by Crippen LogP contribution is 2.20. The van der Waals surface area contributed by atoms with Gasteiger partial charge in [0.1, 0.15) is 0 Å². The first kappa shape index (κ1) is 15.5. The van der Waals surface area contributed by atoms with E-state index >= 15 is 0 Å². The van der Waals surface area contributed by atoms with Gasteiger partial charge in [-0.1, -0.05) is 18.2 Å². The van der Waals surface area contributed by atoms with Crippen LogP contribution < -0.4 is 0 Å². The molecule has 2 aliphatic rings. The van der Waals surface area contributed by atoms with E-state index in [0.717, 1.165) is 50.0 Å². The molecule has 0 radical (unpaired) electrons. The monoisotopic (exact) mass is 303 g/mol. The minimum Gasteiger partial charge on any atom is -0.376 e. The number of rotatable bonds is 5. The lowest BCUT2D eigenvalue weighted by Gasteiger charge is -2.28. The number of benzene rings is 1. The van der Waals surface area contributed by atoms with E-state index in [9.17, 15) is 4.79 Å². The average Bonchev–Trinajstić information content (AvgIpc) is 3.20. The van der Waals surface area contributed by atoms with Crippen molar-refractivity contribution in [2.24, 2.45) is 0 Å². The molecular formula is C18H25NO3. The smallest absolute Gasteiger partial charge is 0.254 e. The Kier molecular flexibility index (Phi) is 5.11. The minimum atomic E-state index is 0.101. The molecule has 0 aromatic heterocycles. The molecule has 3 rings (SSSR count). The van der Waals surface area contributed by atoms with Crippen LogP contribution in [0.3, 0.4) is 0 Å². The van der Waals surface area contributed by atoms with Crippen LogP contribution >= 0.6 is 0 Å². The summed E-state index contributed by atoms with van der Waals surface area (Å²) in [5, 5.41) is 0. The van der Waals surface area contributed by atoms with Gasteiger partial charge in [0, 0.05) is 31.9 Å². The van der Waals surface area contributed by atoms with E-state index in [4.69, 9.17) is 9.47 Å². The molecule has 2 fully saturated rings. The number of amides is 1. The largest absolute Gasteiger partial charge is 0.376 e. The molecule has 0 saturated carbocycles. The molecule has 0 bridgehead atoms. The number of hydrogen-bond acceptors (Lipinski definition) is 3. The average molecular weight is 303 g/mol. The van der Waals surface area contributed by atoms with Crippen molar-refractivity contribution in [1.29, 1.82) is 0 Å². The molecule has 1 aromatic rings. The van der Waals surface area contributed by atoms with E-state index in [1.165, 1.54) is 0 Å². The first-order valence-electron chi connectivity index (χ1n) is 8.32. The molecule has 2 aliphatic heterocycles. The highest BCUT2D eigenvalue weighted by Gasteiger charge is 2.27. The lowest BCUT2D eigenvalue weighted by molar-refractivity contribution is 0.0307. The van der Waals surface area contributed by atoms with Gasteiger partial charge in [0.05, 0.1) is 12.2 Å². The second-order valence-corrected chi connectivity index (χ2v) is 6.30. The molecule has 1 amide bonds. The number of ether oxygens (including phenoxy) is 2. The van der Waals surface area contributed by atoms with Gasteiger partial charge in [0.2, 0.25) is 0 Å². The summed E-state index contributed by atoms with van der Waals surface area (Å²) >= 11 is 0. The Bertz CT molecular complexity index is 487. The van der Waals surface area contributed by atoms with Crippen LogP contribution in [0.5, 0.6) is 0 Å². The summed E-state index contributed by atoms with van der Waals surface area (Å²) in [5.74, 6) is 0.101. The molecular weight excluding hydrogens is 278 g/mol. The van der Waals surface area contributed by atoms with Crippen molar-refractivity contribution in [3.05, 3.63) is 35.4 Å². The standard InChI is InChI=1S/C18H25NO3/c1-14-6-2-3-9-17(14)18(20)19(12-15-7-4-10-21-15)13-16-8-5-11-22-16/h2-3,6,9,15-16H,4-5,7-8,10-13H2,1H3/t15-,16-/m0/s1. The molecule has 22 heavy (non-hydrogen) atoms. The third kappa shape index (κ3) is 3.68. The molecule has 0 spiro atoms. The van der Waals surface area contributed by atoms with E-state index in [1.54, 1.807) is 0 Å². The molecule has 2 atom stereocenters. The fourth-order valence-electron chi connectivity index (χ4n) is 3.29. The fourth-order valence-corrected chi connectivity index (χ4v) is 3.29. The Labute approximate surface area is 132 Å². The Hall–Kier alpha value is -1.39. The Morgan fingerprint density at radius 2 is 1.68 bits per heavy atom. The third-order valence-electron chi connectivity index (χ3n) is 4.56. The molecule has 4 heteroatoms. The van der Waals surface area contributed by atoms with Gasteiger partial charge in [-0.2, -0.15) is 0 Å². The highest BCUT2D eigenvalue weighted by atomic mass is 16.5. The summed E-state index contributed by atoms with van der Waals surface area (Å²) in [4.78, 5) is 14.9. The van der Waals surface area contributed by atoms with Crippen molar-refractivity contribution < 1.29 is 14.3 Å². The molecule has 0 aliphatic carbocycles. The lowest BCUT2D eigenvalue weighted by atomic mass is 10.1. The molecule has 1 aromatic carbocycles. The van der Waals surface area contributed by atoms with Crippen LogP contribution in [-0.2, 0) is 9.47 Å². The summed E-state index contributed by atoms with van der Waals surface area (Å²) in [6, 6.07) is 7.80. The van der Waals surface area contributed by atoms with Gasteiger partial charge in [0.15, 0.2) is 0 Å². The van der Waals surface area contributed by atoms with Crippen LogP contribution in [0.15, 0.2) is 24.3 Å². The molecule has 0 N–H and O–H groups in total. The van der Waals surface area contributed by atoms with Gasteiger partial charge in [-0.05, 0) is 44.2 Å². The molecule has 2 heterocycles. The van der Waals surface area contributed by atoms with Crippen LogP contribution in [0.2, 0.25) is 0 Å². The van der Waals surface area contributed by atoms with E-state index < -0.39 is 0 Å². The quantitative estimate of drug-likeness (QED) is 0.839. The zero-order chi connectivity index (χ0) is 15.4. The highest BCUT2D eigenvalue weighted by molar-refractivity contribution is 5.95. The van der Waals surface area contributed by atoms with Crippen LogP contribution in [0.25, 0.3) is 0 Å². The Balaban J connectivity index is 1.73. The van der Waals surface area contributed by atoms with Crippen molar-refractivity contribution in [2.45, 2.75) is 44.8 Å². The van der Waals surface area contributed by atoms with Gasteiger partial charge in [-0.3, -0.25) is 4.79 Å². The zero-order valence-corrected chi connectivity index (χ0v) is 13.3. The van der Waals surface area contributed by atoms with E-state index in [0.29, 0.717) is 13.1 Å². The van der Waals surface area contributed by atoms with Crippen LogP contribution in [0, 0.1) is 6.92 Å². The summed E-state index contributed by atoms with van der Waals surface area (Å²) in [7, 11) is 0. The van der Waals surface area contributed by atoms with Crippen molar-refractivity contribution >= 4 is 5.91 Å². The molecule has 120 valence electrons. The summed E-state index contributed by atoms with van der Waals surface area (Å²) in [6.45, 7) is 4.97. The van der Waals surface area contributed by atoms with Crippen molar-refractivity contribution in [3.8, 4) is 0 Å². The second kappa shape index (κ2) is 7.25. The van der Waals surface area contributed by atoms with Crippen LogP contribution in [0.1, 0.15) is 41.6 Å². The summed E-state index contributed by atoms with van der Waals surface area (Å²) in [6.07, 6.45) is 4.63. The zero-order valence-electron chi connectivity index (χ0n) is 13.3. The fraction of sp³-hybridized carbons (Fsp3) is 0.611. The third-order valence-corrected chi connectivity index (χ3v) is 4.56. The second-order valence-electron chi connectivity index (χ2n) is 6.30. The normalized spacial score (nSPS) is 24.6. The predicted octanol–water partition coefficient (Wildman–Crippen LogP) is 2.80. The van der Waals surface area contributed by atoms with Crippen LogP contribution in [-0.4, -0.2) is 49.3 Å². The summed E-state index contributed by atoms with van der Waals surface area (Å²) < 4.78 is 11.5. The van der Waals surface area contributed by atoms with Gasteiger partial charge in [0.25, 0.3) is 5.91 Å². The number of carbonyl (C=O) groups excluding carboxylic acids is 1. The molecule has 2 saturated heterocycles.